The summed E-state index contributed by atoms with van der Waals surface area (Å²) in [5, 5.41) is 2.77. The minimum absolute atomic E-state index is 0.459. The maximum absolute atomic E-state index is 11.9. The SMILES string of the molecule is CC[Si-](C#Cc1cc(Br)cc(NC(=O)OC(C)(C)C)c1)(CC)CC. The van der Waals surface area contributed by atoms with Crippen LogP contribution in [-0.2, 0) is 4.74 Å². The molecule has 0 bridgehead atoms. The number of ether oxygens (including phenoxy) is 1. The van der Waals surface area contributed by atoms with Crippen LogP contribution in [0.5, 0.6) is 0 Å². The molecular weight excluding hydrogens is 382 g/mol. The van der Waals surface area contributed by atoms with E-state index in [1.807, 2.05) is 39.0 Å². The fourth-order valence-corrected chi connectivity index (χ4v) is 5.31. The van der Waals surface area contributed by atoms with E-state index in [9.17, 15) is 4.79 Å². The van der Waals surface area contributed by atoms with Gasteiger partial charge in [-0.15, -0.1) is 24.1 Å². The van der Waals surface area contributed by atoms with Gasteiger partial charge in [0.05, 0.1) is 0 Å². The second-order valence-corrected chi connectivity index (χ2v) is 12.8. The van der Waals surface area contributed by atoms with Crippen molar-refractivity contribution in [3.63, 3.8) is 0 Å². The van der Waals surface area contributed by atoms with Crippen molar-refractivity contribution in [3.8, 4) is 11.5 Å². The molecule has 0 unspecified atom stereocenters. The largest absolute Gasteiger partial charge is 0.444 e. The monoisotopic (exact) mass is 409 g/mol. The first kappa shape index (κ1) is 20.8. The number of amides is 1. The first-order valence-corrected chi connectivity index (χ1v) is 11.9. The average molecular weight is 410 g/mol. The molecule has 1 aromatic carbocycles. The zero-order valence-electron chi connectivity index (χ0n) is 15.5. The molecule has 0 saturated carbocycles. The van der Waals surface area contributed by atoms with Gasteiger partial charge in [-0.1, -0.05) is 44.8 Å². The molecule has 5 heteroatoms. The van der Waals surface area contributed by atoms with Gasteiger partial charge in [-0.3, -0.25) is 10.9 Å². The fraction of sp³-hybridized carbons (Fsp3) is 0.526. The summed E-state index contributed by atoms with van der Waals surface area (Å²) < 4.78 is 6.18. The highest BCUT2D eigenvalue weighted by Gasteiger charge is 2.16. The van der Waals surface area contributed by atoms with Gasteiger partial charge < -0.3 is 4.74 Å². The quantitative estimate of drug-likeness (QED) is 0.474. The molecule has 0 aromatic heterocycles. The molecule has 0 atom stereocenters. The summed E-state index contributed by atoms with van der Waals surface area (Å²) in [4.78, 5) is 11.9. The Kier molecular flexibility index (Phi) is 7.56. The predicted octanol–water partition coefficient (Wildman–Crippen LogP) is 6.20. The van der Waals surface area contributed by atoms with Crippen LogP contribution >= 0.6 is 15.9 Å². The van der Waals surface area contributed by atoms with E-state index in [1.54, 1.807) is 0 Å². The number of halogens is 1. The lowest BCUT2D eigenvalue weighted by atomic mass is 10.2. The first-order chi connectivity index (χ1) is 11.1. The Morgan fingerprint density at radius 1 is 1.17 bits per heavy atom. The Labute approximate surface area is 155 Å². The van der Waals surface area contributed by atoms with Crippen molar-refractivity contribution in [2.24, 2.45) is 0 Å². The standard InChI is InChI=1S/C19H28BrNO2Si/c1-7-24(8-2,9-3)11-10-15-12-16(20)14-17(13-15)21-18(22)23-19(4,5)6/h12-14H,7-9H2,1-6H3,(H,21,22)/q-1. The highest BCUT2D eigenvalue weighted by Crippen LogP contribution is 2.22. The van der Waals surface area contributed by atoms with Crippen LogP contribution in [0.2, 0.25) is 18.1 Å². The Morgan fingerprint density at radius 2 is 1.75 bits per heavy atom. The Hall–Kier alpha value is -1.25. The normalized spacial score (nSPS) is 11.5. The number of rotatable bonds is 4. The molecule has 0 fully saturated rings. The van der Waals surface area contributed by atoms with Gasteiger partial charge in [0.15, 0.2) is 0 Å². The molecule has 0 radical (unpaired) electrons. The maximum Gasteiger partial charge on any atom is 0.412 e. The summed E-state index contributed by atoms with van der Waals surface area (Å²) in [5.74, 6) is 3.33. The van der Waals surface area contributed by atoms with Crippen molar-refractivity contribution in [2.75, 3.05) is 5.32 Å². The van der Waals surface area contributed by atoms with Crippen molar-refractivity contribution in [3.05, 3.63) is 28.2 Å². The highest BCUT2D eigenvalue weighted by molar-refractivity contribution is 9.10. The number of benzene rings is 1. The molecule has 133 valence electrons. The minimum atomic E-state index is -1.49. The van der Waals surface area contributed by atoms with Gasteiger partial charge in [0.2, 0.25) is 0 Å². The second kappa shape index (κ2) is 8.73. The molecule has 0 aliphatic rings. The van der Waals surface area contributed by atoms with Crippen LogP contribution in [0.15, 0.2) is 22.7 Å². The van der Waals surface area contributed by atoms with Crippen LogP contribution in [-0.4, -0.2) is 19.8 Å². The number of hydrogen-bond donors (Lipinski definition) is 1. The molecular formula is C19H28BrNO2Si-. The summed E-state index contributed by atoms with van der Waals surface area (Å²) in [6.07, 6.45) is -0.459. The lowest BCUT2D eigenvalue weighted by Gasteiger charge is -2.33. The van der Waals surface area contributed by atoms with Crippen molar-refractivity contribution >= 4 is 35.8 Å². The summed E-state index contributed by atoms with van der Waals surface area (Å²) in [6.45, 7) is 12.2. The molecule has 0 spiro atoms. The van der Waals surface area contributed by atoms with E-state index in [4.69, 9.17) is 4.74 Å². The Bertz CT molecular complexity index is 629. The molecule has 3 nitrogen and oxygen atoms in total. The van der Waals surface area contributed by atoms with Gasteiger partial charge >= 0.3 is 6.09 Å². The van der Waals surface area contributed by atoms with E-state index in [1.165, 1.54) is 18.1 Å². The molecule has 0 saturated heterocycles. The van der Waals surface area contributed by atoms with Crippen LogP contribution in [0.1, 0.15) is 47.1 Å². The van der Waals surface area contributed by atoms with E-state index < -0.39 is 19.8 Å². The lowest BCUT2D eigenvalue weighted by Crippen LogP contribution is -2.29. The third-order valence-electron chi connectivity index (χ3n) is 4.05. The first-order valence-electron chi connectivity index (χ1n) is 8.47. The Balaban J connectivity index is 3.01. The molecule has 1 aromatic rings. The second-order valence-electron chi connectivity index (χ2n) is 6.95. The topological polar surface area (TPSA) is 38.3 Å². The predicted molar refractivity (Wildman–Crippen MR) is 108 cm³/mol. The van der Waals surface area contributed by atoms with Gasteiger partial charge in [0, 0.05) is 15.7 Å². The van der Waals surface area contributed by atoms with Crippen LogP contribution in [0.3, 0.4) is 0 Å². The van der Waals surface area contributed by atoms with E-state index in [2.05, 4.69) is 53.5 Å². The van der Waals surface area contributed by atoms with E-state index in [-0.39, 0.29) is 0 Å². The van der Waals surface area contributed by atoms with Crippen LogP contribution in [0, 0.1) is 11.5 Å². The van der Waals surface area contributed by atoms with Crippen molar-refractivity contribution in [2.45, 2.75) is 65.3 Å². The summed E-state index contributed by atoms with van der Waals surface area (Å²) >= 11 is 3.49. The van der Waals surface area contributed by atoms with Crippen LogP contribution in [0.25, 0.3) is 0 Å². The maximum atomic E-state index is 11.9. The third kappa shape index (κ3) is 6.70. The summed E-state index contributed by atoms with van der Waals surface area (Å²) in [5.41, 5.74) is 4.63. The van der Waals surface area contributed by atoms with Gasteiger partial charge in [-0.2, -0.15) is 0 Å². The van der Waals surface area contributed by atoms with E-state index in [0.717, 1.165) is 10.0 Å². The van der Waals surface area contributed by atoms with E-state index >= 15 is 0 Å². The molecule has 1 rings (SSSR count). The fourth-order valence-electron chi connectivity index (χ4n) is 2.38. The zero-order chi connectivity index (χ0) is 18.4. The molecule has 0 heterocycles. The van der Waals surface area contributed by atoms with Crippen LogP contribution < -0.4 is 5.32 Å². The van der Waals surface area contributed by atoms with Crippen molar-refractivity contribution in [1.82, 2.24) is 0 Å². The number of carbonyl (C=O) groups excluding carboxylic acids is 1. The molecule has 0 aliphatic heterocycles. The van der Waals surface area contributed by atoms with E-state index in [0.29, 0.717) is 5.69 Å². The smallest absolute Gasteiger partial charge is 0.412 e. The molecule has 24 heavy (non-hydrogen) atoms. The van der Waals surface area contributed by atoms with Crippen LogP contribution in [0.4, 0.5) is 10.5 Å². The van der Waals surface area contributed by atoms with Gasteiger partial charge in [0.1, 0.15) is 5.60 Å². The van der Waals surface area contributed by atoms with Gasteiger partial charge in [-0.05, 0) is 39.0 Å². The Morgan fingerprint density at radius 3 is 2.25 bits per heavy atom. The number of anilines is 1. The zero-order valence-corrected chi connectivity index (χ0v) is 18.1. The molecule has 0 aliphatic carbocycles. The van der Waals surface area contributed by atoms with Crippen molar-refractivity contribution < 1.29 is 9.53 Å². The molecule has 1 N–H and O–H groups in total. The van der Waals surface area contributed by atoms with Gasteiger partial charge in [0.25, 0.3) is 0 Å². The molecule has 1 amide bonds. The number of nitrogens with one attached hydrogen (secondary N) is 1. The lowest BCUT2D eigenvalue weighted by molar-refractivity contribution is 0.0636. The summed E-state index contributed by atoms with van der Waals surface area (Å²) in [6, 6.07) is 9.23. The van der Waals surface area contributed by atoms with Gasteiger partial charge in [-0.25, -0.2) is 4.79 Å². The number of carbonyl (C=O) groups is 1. The minimum Gasteiger partial charge on any atom is -0.444 e. The highest BCUT2D eigenvalue weighted by atomic mass is 79.9. The van der Waals surface area contributed by atoms with Crippen molar-refractivity contribution in [1.29, 1.82) is 0 Å². The summed E-state index contributed by atoms with van der Waals surface area (Å²) in [7, 11) is -1.49. The third-order valence-corrected chi connectivity index (χ3v) is 9.22. The average Bonchev–Trinajstić information content (AvgIpc) is 2.46. The number of hydrogen-bond acceptors (Lipinski definition) is 2.